The lowest BCUT2D eigenvalue weighted by Gasteiger charge is -2.31. The number of nitrogens with one attached hydrogen (secondary N) is 1. The number of rotatable bonds is 4. The topological polar surface area (TPSA) is 84.3 Å². The summed E-state index contributed by atoms with van der Waals surface area (Å²) < 4.78 is 4.61. The zero-order valence-electron chi connectivity index (χ0n) is 11.0. The van der Waals surface area contributed by atoms with Crippen LogP contribution in [0.15, 0.2) is 12.4 Å². The second kappa shape index (κ2) is 6.47. The zero-order chi connectivity index (χ0) is 13.7. The van der Waals surface area contributed by atoms with Crippen molar-refractivity contribution in [3.63, 3.8) is 0 Å². The van der Waals surface area contributed by atoms with Crippen LogP contribution < -0.4 is 5.32 Å². The van der Waals surface area contributed by atoms with Crippen LogP contribution in [0.4, 0.5) is 5.82 Å². The molecule has 2 rings (SSSR count). The molecule has 6 heteroatoms. The van der Waals surface area contributed by atoms with Gasteiger partial charge in [0.1, 0.15) is 5.82 Å². The highest BCUT2D eigenvalue weighted by molar-refractivity contribution is 5.87. The van der Waals surface area contributed by atoms with E-state index in [0.717, 1.165) is 25.7 Å². The second-order valence-electron chi connectivity index (χ2n) is 4.76. The monoisotopic (exact) mass is 265 g/mol. The summed E-state index contributed by atoms with van der Waals surface area (Å²) in [5.74, 6) is 0.282. The quantitative estimate of drug-likeness (QED) is 0.796. The first-order valence-corrected chi connectivity index (χ1v) is 6.52. The van der Waals surface area contributed by atoms with Crippen LogP contribution in [0.25, 0.3) is 0 Å². The number of ether oxygens (including phenoxy) is 1. The summed E-state index contributed by atoms with van der Waals surface area (Å²) in [5.41, 5.74) is 0.184. The molecule has 0 radical (unpaired) electrons. The van der Waals surface area contributed by atoms with E-state index in [2.05, 4.69) is 20.0 Å². The highest BCUT2D eigenvalue weighted by Crippen LogP contribution is 2.26. The Balaban J connectivity index is 2.07. The molecule has 0 aromatic carbocycles. The van der Waals surface area contributed by atoms with E-state index < -0.39 is 5.97 Å². The summed E-state index contributed by atoms with van der Waals surface area (Å²) in [7, 11) is 1.31. The van der Waals surface area contributed by atoms with Gasteiger partial charge in [0.05, 0.1) is 19.5 Å². The molecule has 2 atom stereocenters. The van der Waals surface area contributed by atoms with Gasteiger partial charge < -0.3 is 15.2 Å². The number of aliphatic hydroxyl groups excluding tert-OH is 1. The van der Waals surface area contributed by atoms with Crippen molar-refractivity contribution in [2.45, 2.75) is 31.7 Å². The van der Waals surface area contributed by atoms with E-state index in [0.29, 0.717) is 5.82 Å². The molecule has 1 heterocycles. The molecule has 1 aromatic rings. The van der Waals surface area contributed by atoms with Gasteiger partial charge in [0, 0.05) is 18.6 Å². The number of aliphatic hydroxyl groups is 1. The van der Waals surface area contributed by atoms with E-state index in [4.69, 9.17) is 0 Å². The van der Waals surface area contributed by atoms with E-state index in [1.54, 1.807) is 6.20 Å². The third kappa shape index (κ3) is 3.41. The predicted molar refractivity (Wildman–Crippen MR) is 69.8 cm³/mol. The van der Waals surface area contributed by atoms with Crippen molar-refractivity contribution in [2.75, 3.05) is 19.0 Å². The lowest BCUT2D eigenvalue weighted by atomic mass is 9.85. The fraction of sp³-hybridized carbons (Fsp3) is 0.615. The number of hydrogen-bond donors (Lipinski definition) is 2. The van der Waals surface area contributed by atoms with E-state index in [1.807, 2.05) is 0 Å². The number of nitrogens with zero attached hydrogens (tertiary/aromatic N) is 2. The van der Waals surface area contributed by atoms with Crippen molar-refractivity contribution in [1.82, 2.24) is 9.97 Å². The number of anilines is 1. The van der Waals surface area contributed by atoms with Crippen LogP contribution in [0.1, 0.15) is 36.2 Å². The molecule has 1 aromatic heterocycles. The summed E-state index contributed by atoms with van der Waals surface area (Å²) in [6.07, 6.45) is 7.25. The van der Waals surface area contributed by atoms with Gasteiger partial charge in [0.25, 0.3) is 0 Å². The van der Waals surface area contributed by atoms with Gasteiger partial charge in [-0.05, 0) is 12.8 Å². The first kappa shape index (κ1) is 13.7. The Morgan fingerprint density at radius 3 is 3.00 bits per heavy atom. The van der Waals surface area contributed by atoms with Crippen LogP contribution in [0, 0.1) is 5.92 Å². The molecule has 104 valence electrons. The van der Waals surface area contributed by atoms with Gasteiger partial charge in [0.15, 0.2) is 5.69 Å². The molecule has 1 fully saturated rings. The number of carbonyl (C=O) groups excluding carboxylic acids is 1. The number of methoxy groups -OCH3 is 1. The van der Waals surface area contributed by atoms with Gasteiger partial charge in [-0.15, -0.1) is 0 Å². The van der Waals surface area contributed by atoms with Gasteiger partial charge in [-0.25, -0.2) is 9.78 Å². The fourth-order valence-electron chi connectivity index (χ4n) is 2.44. The van der Waals surface area contributed by atoms with Crippen LogP contribution in [0.3, 0.4) is 0 Å². The molecule has 0 bridgehead atoms. The third-order valence-electron chi connectivity index (χ3n) is 3.51. The molecule has 0 saturated heterocycles. The number of esters is 1. The summed E-state index contributed by atoms with van der Waals surface area (Å²) >= 11 is 0. The molecule has 6 nitrogen and oxygen atoms in total. The van der Waals surface area contributed by atoms with Gasteiger partial charge in [-0.1, -0.05) is 12.8 Å². The zero-order valence-corrected chi connectivity index (χ0v) is 11.0. The van der Waals surface area contributed by atoms with Crippen molar-refractivity contribution in [1.29, 1.82) is 0 Å². The molecule has 0 aliphatic heterocycles. The van der Waals surface area contributed by atoms with Crippen LogP contribution in [0.5, 0.6) is 0 Å². The molecular formula is C13H19N3O3. The maximum absolute atomic E-state index is 11.4. The summed E-state index contributed by atoms with van der Waals surface area (Å²) in [4.78, 5) is 19.5. The van der Waals surface area contributed by atoms with Crippen molar-refractivity contribution in [2.24, 2.45) is 5.92 Å². The number of hydrogen-bond acceptors (Lipinski definition) is 6. The Hall–Kier alpha value is -1.69. The number of aromatic nitrogens is 2. The minimum absolute atomic E-state index is 0.168. The number of carbonyl (C=O) groups is 1. The highest BCUT2D eigenvalue weighted by Gasteiger charge is 2.24. The Kier molecular flexibility index (Phi) is 4.68. The van der Waals surface area contributed by atoms with Crippen molar-refractivity contribution < 1.29 is 14.6 Å². The van der Waals surface area contributed by atoms with E-state index >= 15 is 0 Å². The van der Waals surface area contributed by atoms with Crippen LogP contribution in [0.2, 0.25) is 0 Å². The van der Waals surface area contributed by atoms with Crippen molar-refractivity contribution in [3.8, 4) is 0 Å². The van der Waals surface area contributed by atoms with Crippen LogP contribution >= 0.6 is 0 Å². The lowest BCUT2D eigenvalue weighted by Crippen LogP contribution is -2.34. The molecule has 19 heavy (non-hydrogen) atoms. The normalized spacial score (nSPS) is 22.8. The first-order chi connectivity index (χ1) is 9.24. The van der Waals surface area contributed by atoms with E-state index in [-0.39, 0.29) is 24.3 Å². The summed E-state index contributed by atoms with van der Waals surface area (Å²) in [6, 6.07) is 0.181. The molecule has 1 aliphatic carbocycles. The lowest BCUT2D eigenvalue weighted by molar-refractivity contribution is 0.0593. The summed E-state index contributed by atoms with van der Waals surface area (Å²) in [5, 5.41) is 12.6. The molecule has 2 unspecified atom stereocenters. The van der Waals surface area contributed by atoms with Gasteiger partial charge in [0.2, 0.25) is 0 Å². The average Bonchev–Trinajstić information content (AvgIpc) is 2.47. The predicted octanol–water partition coefficient (Wildman–Crippen LogP) is 1.23. The molecular weight excluding hydrogens is 246 g/mol. The van der Waals surface area contributed by atoms with E-state index in [1.165, 1.54) is 13.3 Å². The molecule has 2 N–H and O–H groups in total. The average molecular weight is 265 g/mol. The first-order valence-electron chi connectivity index (χ1n) is 6.52. The third-order valence-corrected chi connectivity index (χ3v) is 3.51. The second-order valence-corrected chi connectivity index (χ2v) is 4.76. The Labute approximate surface area is 112 Å². The Morgan fingerprint density at radius 1 is 1.47 bits per heavy atom. The molecule has 0 spiro atoms. The maximum atomic E-state index is 11.4. The van der Waals surface area contributed by atoms with E-state index in [9.17, 15) is 9.90 Å². The Bertz CT molecular complexity index is 439. The van der Waals surface area contributed by atoms with Crippen molar-refractivity contribution >= 4 is 11.8 Å². The van der Waals surface area contributed by atoms with Crippen molar-refractivity contribution in [3.05, 3.63) is 18.1 Å². The Morgan fingerprint density at radius 2 is 2.26 bits per heavy atom. The van der Waals surface area contributed by atoms with Gasteiger partial charge in [-0.3, -0.25) is 4.98 Å². The van der Waals surface area contributed by atoms with Crippen LogP contribution in [-0.2, 0) is 4.74 Å². The molecule has 1 aliphatic rings. The smallest absolute Gasteiger partial charge is 0.358 e. The van der Waals surface area contributed by atoms with Crippen LogP contribution in [-0.4, -0.2) is 40.8 Å². The minimum Gasteiger partial charge on any atom is -0.464 e. The largest absolute Gasteiger partial charge is 0.464 e. The highest BCUT2D eigenvalue weighted by atomic mass is 16.5. The molecule has 1 saturated carbocycles. The van der Waals surface area contributed by atoms with Gasteiger partial charge >= 0.3 is 5.97 Å². The van der Waals surface area contributed by atoms with Gasteiger partial charge in [-0.2, -0.15) is 0 Å². The fourth-order valence-corrected chi connectivity index (χ4v) is 2.44. The molecule has 0 amide bonds. The minimum atomic E-state index is -0.501. The summed E-state index contributed by atoms with van der Waals surface area (Å²) in [6.45, 7) is 0.168. The maximum Gasteiger partial charge on any atom is 0.358 e. The standard InChI is InChI=1S/C13H19N3O3/c1-19-13(18)11-6-14-7-12(16-11)15-10-5-3-2-4-9(10)8-17/h6-7,9-10,17H,2-5,8H2,1H3,(H,15,16). The SMILES string of the molecule is COC(=O)c1cncc(NC2CCCCC2CO)n1.